The molecule has 1 heterocycles. The van der Waals surface area contributed by atoms with Crippen LogP contribution in [0.15, 0.2) is 36.4 Å². The highest BCUT2D eigenvalue weighted by atomic mass is 19.3. The number of hydrogen-bond donors (Lipinski definition) is 1. The van der Waals surface area contributed by atoms with E-state index in [2.05, 4.69) is 23.0 Å². The Balaban J connectivity index is 1.92. The Labute approximate surface area is 151 Å². The first-order valence-electron chi connectivity index (χ1n) is 8.63. The van der Waals surface area contributed by atoms with Crippen molar-refractivity contribution < 1.29 is 18.3 Å². The molecule has 0 aromatic heterocycles. The highest BCUT2D eigenvalue weighted by molar-refractivity contribution is 6.08. The summed E-state index contributed by atoms with van der Waals surface area (Å²) < 4.78 is 28.9. The molecule has 0 spiro atoms. The fourth-order valence-electron chi connectivity index (χ4n) is 3.08. The number of hydrogen-bond acceptors (Lipinski definition) is 3. The number of halogens is 2. The first-order valence-corrected chi connectivity index (χ1v) is 8.63. The standard InChI is InChI=1S/C20H22F2N2O2/c1-4-15-11-24(18-10-13(3)12(2)9-17(18)23-15)19(25)14-5-7-16(8-6-14)26-20(21)22/h5-10,15,20,23H,4,11H2,1-3H3. The number of alkyl halides is 2. The number of benzene rings is 2. The maximum absolute atomic E-state index is 13.1. The first kappa shape index (κ1) is 18.2. The van der Waals surface area contributed by atoms with Gasteiger partial charge in [0.2, 0.25) is 0 Å². The number of amides is 1. The SMILES string of the molecule is CCC1CN(C(=O)c2ccc(OC(F)F)cc2)c2cc(C)c(C)cc2N1. The smallest absolute Gasteiger partial charge is 0.387 e. The fraction of sp³-hybridized carbons (Fsp3) is 0.350. The van der Waals surface area contributed by atoms with Gasteiger partial charge in [-0.1, -0.05) is 6.92 Å². The van der Waals surface area contributed by atoms with Crippen LogP contribution in [0.2, 0.25) is 0 Å². The summed E-state index contributed by atoms with van der Waals surface area (Å²) in [7, 11) is 0. The van der Waals surface area contributed by atoms with Crippen LogP contribution in [0.1, 0.15) is 34.8 Å². The van der Waals surface area contributed by atoms with E-state index in [1.165, 1.54) is 24.3 Å². The van der Waals surface area contributed by atoms with Crippen LogP contribution in [0.4, 0.5) is 20.2 Å². The van der Waals surface area contributed by atoms with Crippen molar-refractivity contribution in [2.75, 3.05) is 16.8 Å². The lowest BCUT2D eigenvalue weighted by molar-refractivity contribution is -0.0498. The Bertz CT molecular complexity index is 806. The van der Waals surface area contributed by atoms with E-state index < -0.39 is 6.61 Å². The highest BCUT2D eigenvalue weighted by Gasteiger charge is 2.28. The number of anilines is 2. The third-order valence-corrected chi connectivity index (χ3v) is 4.73. The van der Waals surface area contributed by atoms with Gasteiger partial charge in [0.1, 0.15) is 5.75 Å². The second-order valence-electron chi connectivity index (χ2n) is 6.52. The largest absolute Gasteiger partial charge is 0.435 e. The molecule has 1 aliphatic rings. The van der Waals surface area contributed by atoms with Crippen LogP contribution in [-0.4, -0.2) is 25.1 Å². The number of carbonyl (C=O) groups excluding carboxylic acids is 1. The highest BCUT2D eigenvalue weighted by Crippen LogP contribution is 2.35. The third-order valence-electron chi connectivity index (χ3n) is 4.73. The van der Waals surface area contributed by atoms with E-state index in [0.29, 0.717) is 12.1 Å². The number of fused-ring (bicyclic) bond motifs is 1. The molecule has 4 nitrogen and oxygen atoms in total. The van der Waals surface area contributed by atoms with Crippen molar-refractivity contribution in [1.29, 1.82) is 0 Å². The Morgan fingerprint density at radius 2 is 1.88 bits per heavy atom. The molecular formula is C20H22F2N2O2. The van der Waals surface area contributed by atoms with Crippen LogP contribution in [0.25, 0.3) is 0 Å². The molecule has 2 aromatic rings. The van der Waals surface area contributed by atoms with Gasteiger partial charge in [0.25, 0.3) is 5.91 Å². The minimum absolute atomic E-state index is 0.0372. The van der Waals surface area contributed by atoms with Crippen molar-refractivity contribution in [3.8, 4) is 5.75 Å². The van der Waals surface area contributed by atoms with Crippen molar-refractivity contribution in [3.05, 3.63) is 53.1 Å². The minimum atomic E-state index is -2.88. The van der Waals surface area contributed by atoms with Crippen LogP contribution in [0.3, 0.4) is 0 Å². The van der Waals surface area contributed by atoms with Crippen molar-refractivity contribution in [1.82, 2.24) is 0 Å². The summed E-state index contributed by atoms with van der Waals surface area (Å²) in [6, 6.07) is 10.0. The van der Waals surface area contributed by atoms with Gasteiger partial charge in [-0.2, -0.15) is 8.78 Å². The normalized spacial score (nSPS) is 16.2. The molecule has 26 heavy (non-hydrogen) atoms. The number of carbonyl (C=O) groups is 1. The Kier molecular flexibility index (Phi) is 5.11. The maximum atomic E-state index is 13.1. The molecular weight excluding hydrogens is 338 g/mol. The second-order valence-corrected chi connectivity index (χ2v) is 6.52. The predicted octanol–water partition coefficient (Wildman–Crippen LogP) is 4.76. The zero-order valence-corrected chi connectivity index (χ0v) is 15.1. The molecule has 3 rings (SSSR count). The molecule has 1 aliphatic heterocycles. The van der Waals surface area contributed by atoms with E-state index in [0.717, 1.165) is 28.9 Å². The summed E-state index contributed by atoms with van der Waals surface area (Å²) in [6.45, 7) is 3.80. The summed E-state index contributed by atoms with van der Waals surface area (Å²) in [5.41, 5.74) is 4.49. The first-order chi connectivity index (χ1) is 12.4. The van der Waals surface area contributed by atoms with Crippen molar-refractivity contribution in [3.63, 3.8) is 0 Å². The zero-order chi connectivity index (χ0) is 18.8. The van der Waals surface area contributed by atoms with Gasteiger partial charge >= 0.3 is 6.61 Å². The lowest BCUT2D eigenvalue weighted by Gasteiger charge is -2.36. The van der Waals surface area contributed by atoms with E-state index in [9.17, 15) is 13.6 Å². The van der Waals surface area contributed by atoms with E-state index in [1.54, 1.807) is 4.90 Å². The molecule has 6 heteroatoms. The lowest BCUT2D eigenvalue weighted by Crippen LogP contribution is -2.44. The summed E-state index contributed by atoms with van der Waals surface area (Å²) in [5, 5.41) is 3.48. The van der Waals surface area contributed by atoms with E-state index >= 15 is 0 Å². The van der Waals surface area contributed by atoms with Crippen LogP contribution >= 0.6 is 0 Å². The molecule has 1 amide bonds. The van der Waals surface area contributed by atoms with Crippen molar-refractivity contribution >= 4 is 17.3 Å². The molecule has 1 N–H and O–H groups in total. The fourth-order valence-corrected chi connectivity index (χ4v) is 3.08. The molecule has 0 saturated carbocycles. The van der Waals surface area contributed by atoms with Gasteiger partial charge in [-0.15, -0.1) is 0 Å². The Morgan fingerprint density at radius 1 is 1.23 bits per heavy atom. The van der Waals surface area contributed by atoms with Gasteiger partial charge in [0.15, 0.2) is 0 Å². The van der Waals surface area contributed by atoms with Gasteiger partial charge < -0.3 is 15.0 Å². The molecule has 0 radical (unpaired) electrons. The van der Waals surface area contributed by atoms with E-state index in [4.69, 9.17) is 0 Å². The molecule has 0 aliphatic carbocycles. The van der Waals surface area contributed by atoms with E-state index in [-0.39, 0.29) is 17.7 Å². The third kappa shape index (κ3) is 3.64. The average Bonchev–Trinajstić information content (AvgIpc) is 2.61. The van der Waals surface area contributed by atoms with Gasteiger partial charge in [-0.3, -0.25) is 4.79 Å². The number of aryl methyl sites for hydroxylation is 2. The lowest BCUT2D eigenvalue weighted by atomic mass is 10.0. The molecule has 0 bridgehead atoms. The van der Waals surface area contributed by atoms with Crippen LogP contribution in [0.5, 0.6) is 5.75 Å². The summed E-state index contributed by atoms with van der Waals surface area (Å²) in [4.78, 5) is 14.8. The molecule has 1 atom stereocenters. The van der Waals surface area contributed by atoms with Gasteiger partial charge in [-0.05, 0) is 67.8 Å². The van der Waals surface area contributed by atoms with E-state index in [1.807, 2.05) is 19.9 Å². The van der Waals surface area contributed by atoms with Gasteiger partial charge in [0, 0.05) is 18.2 Å². The van der Waals surface area contributed by atoms with Crippen molar-refractivity contribution in [2.45, 2.75) is 39.8 Å². The second kappa shape index (κ2) is 7.32. The molecule has 0 fully saturated rings. The maximum Gasteiger partial charge on any atom is 0.387 e. The monoisotopic (exact) mass is 360 g/mol. The molecule has 0 saturated heterocycles. The minimum Gasteiger partial charge on any atom is -0.435 e. The average molecular weight is 360 g/mol. The number of nitrogens with one attached hydrogen (secondary N) is 1. The topological polar surface area (TPSA) is 41.6 Å². The zero-order valence-electron chi connectivity index (χ0n) is 15.1. The predicted molar refractivity (Wildman–Crippen MR) is 98.4 cm³/mol. The summed E-state index contributed by atoms with van der Waals surface area (Å²) in [5.74, 6) is -0.117. The quantitative estimate of drug-likeness (QED) is 0.855. The van der Waals surface area contributed by atoms with Crippen LogP contribution in [0, 0.1) is 13.8 Å². The number of rotatable bonds is 4. The van der Waals surface area contributed by atoms with Crippen molar-refractivity contribution in [2.24, 2.45) is 0 Å². The van der Waals surface area contributed by atoms with Crippen LogP contribution < -0.4 is 15.0 Å². The Hall–Kier alpha value is -2.63. The molecule has 1 unspecified atom stereocenters. The van der Waals surface area contributed by atoms with Gasteiger partial charge in [0.05, 0.1) is 11.4 Å². The molecule has 2 aromatic carbocycles. The molecule has 138 valence electrons. The number of ether oxygens (including phenoxy) is 1. The summed E-state index contributed by atoms with van der Waals surface area (Å²) in [6.07, 6.45) is 0.886. The number of nitrogens with zero attached hydrogens (tertiary/aromatic N) is 1. The van der Waals surface area contributed by atoms with Crippen LogP contribution in [-0.2, 0) is 0 Å². The summed E-state index contributed by atoms with van der Waals surface area (Å²) >= 11 is 0. The Morgan fingerprint density at radius 3 is 2.50 bits per heavy atom. The van der Waals surface area contributed by atoms with Gasteiger partial charge in [-0.25, -0.2) is 0 Å².